The normalized spacial score (nSPS) is 18.7. The fraction of sp³-hybridized carbons (Fsp3) is 0.419. The fourth-order valence-corrected chi connectivity index (χ4v) is 5.53. The van der Waals surface area contributed by atoms with Gasteiger partial charge in [0, 0.05) is 30.1 Å². The van der Waals surface area contributed by atoms with Crippen molar-refractivity contribution in [2.75, 3.05) is 26.7 Å². The largest absolute Gasteiger partial charge is 0.497 e. The summed E-state index contributed by atoms with van der Waals surface area (Å²) in [7, 11) is 1.62. The van der Waals surface area contributed by atoms with Gasteiger partial charge in [-0.25, -0.2) is 0 Å². The molecule has 1 saturated heterocycles. The van der Waals surface area contributed by atoms with E-state index in [2.05, 4.69) is 53.8 Å². The number of carbonyl (C=O) groups is 1. The molecule has 3 atom stereocenters. The summed E-state index contributed by atoms with van der Waals surface area (Å²) < 4.78 is 5.36. The number of carboxylic acids is 1. The third-order valence-electron chi connectivity index (χ3n) is 7.32. The Morgan fingerprint density at radius 2 is 1.95 bits per heavy atom. The summed E-state index contributed by atoms with van der Waals surface area (Å²) in [5, 5.41) is 21.5. The van der Waals surface area contributed by atoms with E-state index < -0.39 is 12.1 Å². The number of aliphatic hydroxyl groups is 1. The summed E-state index contributed by atoms with van der Waals surface area (Å²) in [6.45, 7) is 6.37. The Morgan fingerprint density at radius 3 is 2.68 bits per heavy atom. The SMILES string of the molecule is COc1ccc2nccc([C@H](O)CC[C@@H]3CCN(CC#Cc4cc(C)cc(C)c4)C[C@@H]3CC(=O)O)c2c1. The molecule has 37 heavy (non-hydrogen) atoms. The molecule has 194 valence electrons. The highest BCUT2D eigenvalue weighted by molar-refractivity contribution is 5.83. The number of piperidine rings is 1. The quantitative estimate of drug-likeness (QED) is 0.417. The maximum Gasteiger partial charge on any atom is 0.303 e. The Labute approximate surface area is 219 Å². The summed E-state index contributed by atoms with van der Waals surface area (Å²) in [6.07, 6.45) is 3.46. The van der Waals surface area contributed by atoms with E-state index in [4.69, 9.17) is 4.74 Å². The average Bonchev–Trinajstić information content (AvgIpc) is 2.86. The maximum absolute atomic E-state index is 11.6. The molecular weight excluding hydrogens is 464 g/mol. The van der Waals surface area contributed by atoms with Crippen molar-refractivity contribution in [3.8, 4) is 17.6 Å². The van der Waals surface area contributed by atoms with Crippen LogP contribution in [0.3, 0.4) is 0 Å². The van der Waals surface area contributed by atoms with Crippen molar-refractivity contribution in [1.29, 1.82) is 0 Å². The van der Waals surface area contributed by atoms with Gasteiger partial charge in [0.2, 0.25) is 0 Å². The molecule has 0 saturated carbocycles. The van der Waals surface area contributed by atoms with Crippen LogP contribution in [0, 0.1) is 37.5 Å². The van der Waals surface area contributed by atoms with Crippen LogP contribution in [0.2, 0.25) is 0 Å². The number of nitrogens with zero attached hydrogens (tertiary/aromatic N) is 2. The van der Waals surface area contributed by atoms with E-state index in [-0.39, 0.29) is 18.3 Å². The predicted octanol–water partition coefficient (Wildman–Crippen LogP) is 5.14. The Bertz CT molecular complexity index is 1290. The zero-order chi connectivity index (χ0) is 26.4. The summed E-state index contributed by atoms with van der Waals surface area (Å²) in [5.41, 5.74) is 5.07. The zero-order valence-corrected chi connectivity index (χ0v) is 21.9. The Morgan fingerprint density at radius 1 is 1.16 bits per heavy atom. The van der Waals surface area contributed by atoms with Crippen LogP contribution in [0.1, 0.15) is 54.0 Å². The van der Waals surface area contributed by atoms with Gasteiger partial charge in [0.15, 0.2) is 0 Å². The van der Waals surface area contributed by atoms with Gasteiger partial charge in [0.1, 0.15) is 5.75 Å². The minimum Gasteiger partial charge on any atom is -0.497 e. The molecule has 0 amide bonds. The molecule has 0 spiro atoms. The molecule has 4 rings (SSSR count). The lowest BCUT2D eigenvalue weighted by molar-refractivity contribution is -0.139. The number of hydrogen-bond donors (Lipinski definition) is 2. The van der Waals surface area contributed by atoms with Gasteiger partial charge in [-0.05, 0) is 105 Å². The fourth-order valence-electron chi connectivity index (χ4n) is 5.53. The molecule has 1 aliphatic heterocycles. The number of fused-ring (bicyclic) bond motifs is 1. The first-order valence-electron chi connectivity index (χ1n) is 12.9. The molecule has 0 bridgehead atoms. The standard InChI is InChI=1S/C31H36N2O4/c1-21-15-22(2)17-23(16-21)5-4-13-33-14-11-24(25(20-33)18-31(35)36)6-9-30(34)27-10-12-32-29-8-7-26(37-3)19-28(27)29/h7-8,10,12,15-17,19,24-25,30,34H,6,9,11,13-14,18,20H2,1-3H3,(H,35,36)/t24-,25+,30-/m1/s1. The lowest BCUT2D eigenvalue weighted by Crippen LogP contribution is -2.41. The first kappa shape index (κ1) is 26.7. The smallest absolute Gasteiger partial charge is 0.303 e. The second kappa shape index (κ2) is 12.2. The minimum atomic E-state index is -0.772. The highest BCUT2D eigenvalue weighted by Gasteiger charge is 2.31. The molecule has 0 aliphatic carbocycles. The van der Waals surface area contributed by atoms with E-state index in [0.29, 0.717) is 19.5 Å². The number of aliphatic hydroxyl groups excluding tert-OH is 1. The highest BCUT2D eigenvalue weighted by atomic mass is 16.5. The third kappa shape index (κ3) is 7.09. The predicted molar refractivity (Wildman–Crippen MR) is 146 cm³/mol. The van der Waals surface area contributed by atoms with E-state index in [1.807, 2.05) is 24.3 Å². The number of aromatic nitrogens is 1. The molecule has 2 aromatic carbocycles. The van der Waals surface area contributed by atoms with E-state index in [9.17, 15) is 15.0 Å². The van der Waals surface area contributed by atoms with Crippen LogP contribution in [0.5, 0.6) is 5.75 Å². The minimum absolute atomic E-state index is 0.0377. The topological polar surface area (TPSA) is 82.9 Å². The van der Waals surface area contributed by atoms with Gasteiger partial charge >= 0.3 is 5.97 Å². The van der Waals surface area contributed by atoms with Crippen LogP contribution in [0.4, 0.5) is 0 Å². The Hall–Kier alpha value is -3.40. The number of ether oxygens (including phenoxy) is 1. The van der Waals surface area contributed by atoms with Crippen LogP contribution in [-0.2, 0) is 4.79 Å². The van der Waals surface area contributed by atoms with Crippen LogP contribution in [-0.4, -0.2) is 52.8 Å². The summed E-state index contributed by atoms with van der Waals surface area (Å²) in [4.78, 5) is 18.3. The number of hydrogen-bond acceptors (Lipinski definition) is 5. The van der Waals surface area contributed by atoms with Crippen LogP contribution >= 0.6 is 0 Å². The number of benzene rings is 2. The molecule has 6 nitrogen and oxygen atoms in total. The number of pyridine rings is 1. The van der Waals surface area contributed by atoms with Gasteiger partial charge in [-0.15, -0.1) is 0 Å². The molecular formula is C31H36N2O4. The van der Waals surface area contributed by atoms with Crippen molar-refractivity contribution in [3.05, 3.63) is 70.9 Å². The maximum atomic E-state index is 11.6. The number of rotatable bonds is 8. The first-order valence-corrected chi connectivity index (χ1v) is 12.9. The number of likely N-dealkylation sites (tertiary alicyclic amines) is 1. The second-order valence-corrected chi connectivity index (χ2v) is 10.2. The Kier molecular flexibility index (Phi) is 8.81. The molecule has 2 N–H and O–H groups in total. The van der Waals surface area contributed by atoms with Gasteiger partial charge in [-0.1, -0.05) is 17.9 Å². The molecule has 6 heteroatoms. The van der Waals surface area contributed by atoms with E-state index in [1.54, 1.807) is 13.3 Å². The van der Waals surface area contributed by atoms with Crippen molar-refractivity contribution in [2.45, 2.75) is 45.6 Å². The lowest BCUT2D eigenvalue weighted by atomic mass is 9.79. The second-order valence-electron chi connectivity index (χ2n) is 10.2. The van der Waals surface area contributed by atoms with Crippen molar-refractivity contribution in [1.82, 2.24) is 9.88 Å². The molecule has 1 fully saturated rings. The first-order chi connectivity index (χ1) is 17.8. The van der Waals surface area contributed by atoms with Crippen molar-refractivity contribution >= 4 is 16.9 Å². The lowest BCUT2D eigenvalue weighted by Gasteiger charge is -2.37. The summed E-state index contributed by atoms with van der Waals surface area (Å²) >= 11 is 0. The van der Waals surface area contributed by atoms with Gasteiger partial charge in [-0.2, -0.15) is 0 Å². The van der Waals surface area contributed by atoms with Crippen LogP contribution < -0.4 is 4.74 Å². The van der Waals surface area contributed by atoms with Crippen LogP contribution in [0.15, 0.2) is 48.7 Å². The number of carboxylic acid groups (broad SMARTS) is 1. The zero-order valence-electron chi connectivity index (χ0n) is 21.9. The van der Waals surface area contributed by atoms with Gasteiger partial charge in [-0.3, -0.25) is 14.7 Å². The molecule has 0 unspecified atom stereocenters. The Balaban J connectivity index is 1.39. The number of methoxy groups -OCH3 is 1. The molecule has 3 aromatic rings. The van der Waals surface area contributed by atoms with Crippen molar-refractivity contribution in [3.63, 3.8) is 0 Å². The molecule has 0 radical (unpaired) electrons. The van der Waals surface area contributed by atoms with E-state index in [1.165, 1.54) is 11.1 Å². The number of aryl methyl sites for hydroxylation is 2. The van der Waals surface area contributed by atoms with Gasteiger partial charge in [0.05, 0.1) is 25.3 Å². The van der Waals surface area contributed by atoms with Crippen LogP contribution in [0.25, 0.3) is 10.9 Å². The number of aliphatic carboxylic acids is 1. The molecule has 2 heterocycles. The van der Waals surface area contributed by atoms with Gasteiger partial charge in [0.25, 0.3) is 0 Å². The highest BCUT2D eigenvalue weighted by Crippen LogP contribution is 2.34. The summed E-state index contributed by atoms with van der Waals surface area (Å²) in [5.74, 6) is 6.79. The van der Waals surface area contributed by atoms with Gasteiger partial charge < -0.3 is 14.9 Å². The van der Waals surface area contributed by atoms with E-state index >= 15 is 0 Å². The summed E-state index contributed by atoms with van der Waals surface area (Å²) in [6, 6.07) is 13.8. The molecule has 1 aliphatic rings. The monoisotopic (exact) mass is 500 g/mol. The average molecular weight is 501 g/mol. The van der Waals surface area contributed by atoms with Crippen molar-refractivity contribution < 1.29 is 19.7 Å². The van der Waals surface area contributed by atoms with E-state index in [0.717, 1.165) is 47.2 Å². The van der Waals surface area contributed by atoms with Crippen molar-refractivity contribution in [2.24, 2.45) is 11.8 Å². The third-order valence-corrected chi connectivity index (χ3v) is 7.32. The molecule has 1 aromatic heterocycles.